The van der Waals surface area contributed by atoms with Crippen LogP contribution in [-0.4, -0.2) is 20.9 Å². The molecule has 3 rings (SSSR count). The Kier molecular flexibility index (Phi) is 5.45. The van der Waals surface area contributed by atoms with Gasteiger partial charge in [-0.05, 0) is 40.8 Å². The molecule has 138 valence electrons. The van der Waals surface area contributed by atoms with Crippen molar-refractivity contribution in [3.05, 3.63) is 77.9 Å². The highest BCUT2D eigenvalue weighted by Crippen LogP contribution is 2.23. The summed E-state index contributed by atoms with van der Waals surface area (Å²) in [4.78, 5) is 24.8. The van der Waals surface area contributed by atoms with Crippen molar-refractivity contribution in [2.45, 2.75) is 32.7 Å². The first-order chi connectivity index (χ1) is 12.9. The van der Waals surface area contributed by atoms with E-state index in [1.807, 2.05) is 36.4 Å². The Morgan fingerprint density at radius 2 is 1.59 bits per heavy atom. The van der Waals surface area contributed by atoms with Crippen LogP contribution in [0, 0.1) is 0 Å². The number of nitrogens with one attached hydrogen (secondary N) is 2. The zero-order valence-corrected chi connectivity index (χ0v) is 15.7. The van der Waals surface area contributed by atoms with Gasteiger partial charge in [0.2, 0.25) is 5.95 Å². The molecule has 0 aliphatic heterocycles. The third kappa shape index (κ3) is 5.10. The van der Waals surface area contributed by atoms with Gasteiger partial charge in [-0.3, -0.25) is 9.78 Å². The molecule has 27 heavy (non-hydrogen) atoms. The average molecular weight is 361 g/mol. The lowest BCUT2D eigenvalue weighted by atomic mass is 9.87. The van der Waals surface area contributed by atoms with E-state index in [0.29, 0.717) is 18.1 Å². The average Bonchev–Trinajstić information content (AvgIpc) is 2.67. The van der Waals surface area contributed by atoms with Gasteiger partial charge in [-0.15, -0.1) is 0 Å². The molecule has 3 aromatic rings. The maximum absolute atomic E-state index is 12.4. The molecule has 0 atom stereocenters. The summed E-state index contributed by atoms with van der Waals surface area (Å²) in [7, 11) is 0. The first kappa shape index (κ1) is 18.5. The van der Waals surface area contributed by atoms with E-state index in [2.05, 4.69) is 46.4 Å². The molecule has 6 nitrogen and oxygen atoms in total. The smallest absolute Gasteiger partial charge is 0.258 e. The lowest BCUT2D eigenvalue weighted by Crippen LogP contribution is -2.14. The first-order valence-electron chi connectivity index (χ1n) is 8.78. The van der Waals surface area contributed by atoms with Crippen LogP contribution in [0.25, 0.3) is 0 Å². The summed E-state index contributed by atoms with van der Waals surface area (Å²) in [5, 5.41) is 5.98. The highest BCUT2D eigenvalue weighted by Gasteiger charge is 2.13. The van der Waals surface area contributed by atoms with Crippen LogP contribution < -0.4 is 10.6 Å². The van der Waals surface area contributed by atoms with Crippen LogP contribution in [0.3, 0.4) is 0 Å². The second kappa shape index (κ2) is 7.95. The van der Waals surface area contributed by atoms with Gasteiger partial charge in [0.1, 0.15) is 0 Å². The van der Waals surface area contributed by atoms with Gasteiger partial charge in [-0.25, -0.2) is 9.97 Å². The normalized spacial score (nSPS) is 11.1. The third-order valence-corrected chi connectivity index (χ3v) is 4.12. The Balaban J connectivity index is 1.58. The molecule has 0 radical (unpaired) electrons. The Morgan fingerprint density at radius 3 is 2.19 bits per heavy atom. The minimum atomic E-state index is -0.237. The topological polar surface area (TPSA) is 79.8 Å². The monoisotopic (exact) mass is 361 g/mol. The summed E-state index contributed by atoms with van der Waals surface area (Å²) in [6.07, 6.45) is 6.50. The lowest BCUT2D eigenvalue weighted by molar-refractivity contribution is 0.102. The number of hydrogen-bond donors (Lipinski definition) is 2. The molecule has 0 bridgehead atoms. The first-order valence-corrected chi connectivity index (χ1v) is 8.78. The number of benzene rings is 1. The number of nitrogens with zero attached hydrogens (tertiary/aromatic N) is 3. The van der Waals surface area contributed by atoms with Crippen molar-refractivity contribution in [2.75, 3.05) is 10.6 Å². The van der Waals surface area contributed by atoms with E-state index in [0.717, 1.165) is 11.3 Å². The van der Waals surface area contributed by atoms with Gasteiger partial charge >= 0.3 is 0 Å². The number of aromatic nitrogens is 3. The largest absolute Gasteiger partial charge is 0.350 e. The molecule has 2 N–H and O–H groups in total. The zero-order chi connectivity index (χ0) is 19.3. The quantitative estimate of drug-likeness (QED) is 0.717. The maximum atomic E-state index is 12.4. The molecular formula is C21H23N5O. The Hall–Kier alpha value is -3.28. The molecule has 0 aliphatic rings. The zero-order valence-electron chi connectivity index (χ0n) is 15.7. The standard InChI is InChI=1S/C21H23N5O/c1-21(2,3)17-4-6-18(7-5-17)26-19(27)16-13-24-20(25-14-16)23-12-15-8-10-22-11-9-15/h4-11,13-14H,12H2,1-3H3,(H,26,27)(H,23,24,25). The van der Waals surface area contributed by atoms with Crippen molar-refractivity contribution in [3.8, 4) is 0 Å². The van der Waals surface area contributed by atoms with Crippen LogP contribution in [-0.2, 0) is 12.0 Å². The van der Waals surface area contributed by atoms with E-state index in [9.17, 15) is 4.79 Å². The molecule has 1 amide bonds. The van der Waals surface area contributed by atoms with E-state index >= 15 is 0 Å². The number of hydrogen-bond acceptors (Lipinski definition) is 5. The molecule has 0 saturated carbocycles. The summed E-state index contributed by atoms with van der Waals surface area (Å²) >= 11 is 0. The Bertz CT molecular complexity index is 885. The van der Waals surface area contributed by atoms with Crippen molar-refractivity contribution in [3.63, 3.8) is 0 Å². The predicted molar refractivity (Wildman–Crippen MR) is 107 cm³/mol. The molecule has 0 spiro atoms. The molecule has 0 fully saturated rings. The molecule has 2 aromatic heterocycles. The fourth-order valence-corrected chi connectivity index (χ4v) is 2.48. The Morgan fingerprint density at radius 1 is 0.963 bits per heavy atom. The number of pyridine rings is 1. The van der Waals surface area contributed by atoms with E-state index in [1.54, 1.807) is 12.4 Å². The van der Waals surface area contributed by atoms with Crippen LogP contribution in [0.1, 0.15) is 42.3 Å². The van der Waals surface area contributed by atoms with Gasteiger partial charge < -0.3 is 10.6 Å². The number of anilines is 2. The minimum Gasteiger partial charge on any atom is -0.350 e. The molecule has 0 aliphatic carbocycles. The third-order valence-electron chi connectivity index (χ3n) is 4.12. The van der Waals surface area contributed by atoms with Gasteiger partial charge in [0.05, 0.1) is 5.56 Å². The van der Waals surface area contributed by atoms with E-state index in [4.69, 9.17) is 0 Å². The van der Waals surface area contributed by atoms with E-state index in [-0.39, 0.29) is 11.3 Å². The van der Waals surface area contributed by atoms with Crippen molar-refractivity contribution < 1.29 is 4.79 Å². The van der Waals surface area contributed by atoms with Crippen molar-refractivity contribution in [2.24, 2.45) is 0 Å². The number of amides is 1. The summed E-state index contributed by atoms with van der Waals surface area (Å²) < 4.78 is 0. The number of rotatable bonds is 5. The summed E-state index contributed by atoms with van der Waals surface area (Å²) in [5.74, 6) is 0.233. The van der Waals surface area contributed by atoms with E-state index in [1.165, 1.54) is 18.0 Å². The second-order valence-corrected chi connectivity index (χ2v) is 7.29. The van der Waals surface area contributed by atoms with Gasteiger partial charge in [0, 0.05) is 37.0 Å². The molecular weight excluding hydrogens is 338 g/mol. The van der Waals surface area contributed by atoms with E-state index < -0.39 is 0 Å². The van der Waals surface area contributed by atoms with Gasteiger partial charge in [0.25, 0.3) is 5.91 Å². The summed E-state index contributed by atoms with van der Waals surface area (Å²) in [5.41, 5.74) is 3.52. The molecule has 6 heteroatoms. The molecule has 0 unspecified atom stereocenters. The van der Waals surface area contributed by atoms with Crippen LogP contribution in [0.5, 0.6) is 0 Å². The number of carbonyl (C=O) groups excluding carboxylic acids is 1. The minimum absolute atomic E-state index is 0.0788. The summed E-state index contributed by atoms with van der Waals surface area (Å²) in [6.45, 7) is 7.06. The van der Waals surface area contributed by atoms with Crippen molar-refractivity contribution in [1.29, 1.82) is 0 Å². The SMILES string of the molecule is CC(C)(C)c1ccc(NC(=O)c2cnc(NCc3ccncc3)nc2)cc1. The van der Waals surface area contributed by atoms with Crippen molar-refractivity contribution in [1.82, 2.24) is 15.0 Å². The van der Waals surface area contributed by atoms with Crippen molar-refractivity contribution >= 4 is 17.5 Å². The highest BCUT2D eigenvalue weighted by atomic mass is 16.1. The van der Waals surface area contributed by atoms with Crippen LogP contribution in [0.2, 0.25) is 0 Å². The van der Waals surface area contributed by atoms with Crippen LogP contribution >= 0.6 is 0 Å². The number of carbonyl (C=O) groups is 1. The van der Waals surface area contributed by atoms with Gasteiger partial charge in [-0.2, -0.15) is 0 Å². The fourth-order valence-electron chi connectivity index (χ4n) is 2.48. The molecule has 1 aromatic carbocycles. The highest BCUT2D eigenvalue weighted by molar-refractivity contribution is 6.03. The van der Waals surface area contributed by atoms with Gasteiger partial charge in [-0.1, -0.05) is 32.9 Å². The van der Waals surface area contributed by atoms with Gasteiger partial charge in [0.15, 0.2) is 0 Å². The van der Waals surface area contributed by atoms with Crippen LogP contribution in [0.15, 0.2) is 61.2 Å². The maximum Gasteiger partial charge on any atom is 0.258 e. The fraction of sp³-hybridized carbons (Fsp3) is 0.238. The predicted octanol–water partition coefficient (Wildman–Crippen LogP) is 4.03. The lowest BCUT2D eigenvalue weighted by Gasteiger charge is -2.19. The summed E-state index contributed by atoms with van der Waals surface area (Å²) in [6, 6.07) is 11.7. The molecule has 2 heterocycles. The molecule has 0 saturated heterocycles. The second-order valence-electron chi connectivity index (χ2n) is 7.29. The Labute approximate surface area is 159 Å². The van der Waals surface area contributed by atoms with Crippen LogP contribution in [0.4, 0.5) is 11.6 Å².